The molecule has 4 atom stereocenters. The van der Waals surface area contributed by atoms with Gasteiger partial charge in [-0.15, -0.1) is 0 Å². The summed E-state index contributed by atoms with van der Waals surface area (Å²) in [5.74, 6) is -3.21. The van der Waals surface area contributed by atoms with Gasteiger partial charge in [0.2, 0.25) is 0 Å². The van der Waals surface area contributed by atoms with Crippen molar-refractivity contribution < 1.29 is 20.4 Å². The SMILES string of the molecule is CCC(O)[P+](C(O)CC)(C(O)CC)C(O)CC. The molecule has 4 unspecified atom stereocenters. The average molecular weight is 267 g/mol. The molecule has 0 amide bonds. The van der Waals surface area contributed by atoms with E-state index in [1.165, 1.54) is 0 Å². The fraction of sp³-hybridized carbons (Fsp3) is 1.00. The molecule has 0 saturated heterocycles. The third-order valence-corrected chi connectivity index (χ3v) is 9.12. The van der Waals surface area contributed by atoms with Crippen LogP contribution in [0.1, 0.15) is 53.4 Å². The minimum atomic E-state index is -2.64. The molecule has 0 aromatic rings. The fourth-order valence-electron chi connectivity index (χ4n) is 2.46. The Morgan fingerprint density at radius 2 is 0.765 bits per heavy atom. The first-order valence-corrected chi connectivity index (χ1v) is 8.59. The molecule has 0 radical (unpaired) electrons. The van der Waals surface area contributed by atoms with Gasteiger partial charge in [-0.25, -0.2) is 0 Å². The molecule has 0 aromatic carbocycles. The van der Waals surface area contributed by atoms with E-state index in [9.17, 15) is 20.4 Å². The lowest BCUT2D eigenvalue weighted by Gasteiger charge is -2.40. The second kappa shape index (κ2) is 7.65. The van der Waals surface area contributed by atoms with Crippen molar-refractivity contribution in [1.82, 2.24) is 0 Å². The molecule has 0 saturated carbocycles. The van der Waals surface area contributed by atoms with E-state index in [4.69, 9.17) is 0 Å². The summed E-state index contributed by atoms with van der Waals surface area (Å²) in [4.78, 5) is 0. The van der Waals surface area contributed by atoms with Crippen LogP contribution >= 0.6 is 7.26 Å². The topological polar surface area (TPSA) is 80.9 Å². The summed E-state index contributed by atoms with van der Waals surface area (Å²) < 4.78 is 0. The molecular weight excluding hydrogens is 239 g/mol. The predicted octanol–water partition coefficient (Wildman–Crippen LogP) is 1.92. The van der Waals surface area contributed by atoms with Gasteiger partial charge in [-0.2, -0.15) is 0 Å². The summed E-state index contributed by atoms with van der Waals surface area (Å²) in [6.45, 7) is 7.25. The molecular formula is C12H28O4P+. The van der Waals surface area contributed by atoms with Crippen molar-refractivity contribution in [3.8, 4) is 0 Å². The van der Waals surface area contributed by atoms with E-state index in [-0.39, 0.29) is 0 Å². The van der Waals surface area contributed by atoms with Crippen LogP contribution in [0.4, 0.5) is 0 Å². The van der Waals surface area contributed by atoms with Crippen molar-refractivity contribution in [2.24, 2.45) is 0 Å². The highest BCUT2D eigenvalue weighted by molar-refractivity contribution is 7.77. The fourth-order valence-corrected chi connectivity index (χ4v) is 7.37. The molecule has 0 rings (SSSR count). The highest BCUT2D eigenvalue weighted by Gasteiger charge is 2.60. The van der Waals surface area contributed by atoms with Gasteiger partial charge in [0, 0.05) is 25.7 Å². The van der Waals surface area contributed by atoms with Crippen LogP contribution in [-0.4, -0.2) is 43.8 Å². The minimum absolute atomic E-state index is 0.443. The van der Waals surface area contributed by atoms with Gasteiger partial charge < -0.3 is 20.4 Å². The summed E-state index contributed by atoms with van der Waals surface area (Å²) in [6, 6.07) is 0. The predicted molar refractivity (Wildman–Crippen MR) is 72.1 cm³/mol. The van der Waals surface area contributed by atoms with Crippen LogP contribution < -0.4 is 0 Å². The summed E-state index contributed by atoms with van der Waals surface area (Å²) in [6.07, 6.45) is 1.77. The maximum absolute atomic E-state index is 10.2. The normalized spacial score (nSPS) is 22.6. The molecule has 0 aromatic heterocycles. The average Bonchev–Trinajstić information content (AvgIpc) is 2.37. The Hall–Kier alpha value is 0.270. The Kier molecular flexibility index (Phi) is 7.77. The molecule has 4 nitrogen and oxygen atoms in total. The highest BCUT2D eigenvalue weighted by Crippen LogP contribution is 2.73. The molecule has 0 aliphatic heterocycles. The van der Waals surface area contributed by atoms with Crippen molar-refractivity contribution in [2.45, 2.75) is 76.8 Å². The van der Waals surface area contributed by atoms with Gasteiger partial charge in [-0.3, -0.25) is 0 Å². The van der Waals surface area contributed by atoms with Gasteiger partial charge >= 0.3 is 0 Å². The lowest BCUT2D eigenvalue weighted by atomic mass is 10.5. The zero-order chi connectivity index (χ0) is 13.6. The van der Waals surface area contributed by atoms with Gasteiger partial charge in [0.25, 0.3) is 0 Å². The third kappa shape index (κ3) is 3.18. The standard InChI is InChI=1S/C12H28O4P/c1-5-9(13)17(10(14)6-2,11(15)7-3)12(16)8-4/h9-16H,5-8H2,1-4H3/q+1. The molecule has 104 valence electrons. The Bertz CT molecular complexity index is 167. The van der Waals surface area contributed by atoms with E-state index >= 15 is 0 Å². The Labute approximate surface area is 105 Å². The quantitative estimate of drug-likeness (QED) is 0.506. The first-order chi connectivity index (χ1) is 7.93. The van der Waals surface area contributed by atoms with Gasteiger partial charge in [-0.05, 0) is 0 Å². The lowest BCUT2D eigenvalue weighted by molar-refractivity contribution is 0.148. The van der Waals surface area contributed by atoms with Crippen LogP contribution in [-0.2, 0) is 0 Å². The number of hydrogen-bond acceptors (Lipinski definition) is 4. The summed E-state index contributed by atoms with van der Waals surface area (Å²) in [5.41, 5.74) is 0. The number of hydrogen-bond donors (Lipinski definition) is 4. The smallest absolute Gasteiger partial charge is 0.171 e. The van der Waals surface area contributed by atoms with E-state index in [0.29, 0.717) is 25.7 Å². The lowest BCUT2D eigenvalue weighted by Crippen LogP contribution is -2.38. The van der Waals surface area contributed by atoms with Gasteiger partial charge in [0.1, 0.15) is 7.26 Å². The molecule has 0 bridgehead atoms. The van der Waals surface area contributed by atoms with E-state index in [0.717, 1.165) is 0 Å². The van der Waals surface area contributed by atoms with Crippen molar-refractivity contribution in [2.75, 3.05) is 0 Å². The maximum atomic E-state index is 10.2. The van der Waals surface area contributed by atoms with E-state index in [1.807, 2.05) is 27.7 Å². The Morgan fingerprint density at radius 3 is 0.882 bits per heavy atom. The second-order valence-electron chi connectivity index (χ2n) is 4.45. The van der Waals surface area contributed by atoms with Crippen LogP contribution in [0, 0.1) is 0 Å². The van der Waals surface area contributed by atoms with E-state index in [2.05, 4.69) is 0 Å². The zero-order valence-corrected chi connectivity index (χ0v) is 12.3. The number of aliphatic hydroxyl groups is 4. The van der Waals surface area contributed by atoms with Crippen molar-refractivity contribution in [1.29, 1.82) is 0 Å². The molecule has 4 N–H and O–H groups in total. The number of aliphatic hydroxyl groups excluding tert-OH is 4. The summed E-state index contributed by atoms with van der Waals surface area (Å²) in [7, 11) is -2.64. The first kappa shape index (κ1) is 17.3. The van der Waals surface area contributed by atoms with E-state index in [1.54, 1.807) is 0 Å². The highest BCUT2D eigenvalue weighted by atomic mass is 31.2. The Morgan fingerprint density at radius 1 is 0.588 bits per heavy atom. The van der Waals surface area contributed by atoms with Crippen molar-refractivity contribution >= 4 is 7.26 Å². The maximum Gasteiger partial charge on any atom is 0.171 e. The zero-order valence-electron chi connectivity index (χ0n) is 11.4. The largest absolute Gasteiger partial charge is 0.359 e. The van der Waals surface area contributed by atoms with Crippen molar-refractivity contribution in [3.05, 3.63) is 0 Å². The molecule has 0 aliphatic rings. The monoisotopic (exact) mass is 267 g/mol. The first-order valence-electron chi connectivity index (χ1n) is 6.53. The van der Waals surface area contributed by atoms with Crippen LogP contribution in [0.15, 0.2) is 0 Å². The minimum Gasteiger partial charge on any atom is -0.359 e. The summed E-state index contributed by atoms with van der Waals surface area (Å²) >= 11 is 0. The third-order valence-electron chi connectivity index (χ3n) is 3.53. The molecule has 0 heterocycles. The van der Waals surface area contributed by atoms with E-state index < -0.39 is 30.6 Å². The molecule has 0 spiro atoms. The van der Waals surface area contributed by atoms with Gasteiger partial charge in [0.15, 0.2) is 23.4 Å². The van der Waals surface area contributed by atoms with Crippen LogP contribution in [0.5, 0.6) is 0 Å². The van der Waals surface area contributed by atoms with Crippen LogP contribution in [0.3, 0.4) is 0 Å². The molecule has 17 heavy (non-hydrogen) atoms. The van der Waals surface area contributed by atoms with Crippen molar-refractivity contribution in [3.63, 3.8) is 0 Å². The summed E-state index contributed by atoms with van der Waals surface area (Å²) in [5, 5.41) is 41.0. The number of rotatable bonds is 8. The van der Waals surface area contributed by atoms with Crippen LogP contribution in [0.2, 0.25) is 0 Å². The van der Waals surface area contributed by atoms with Crippen LogP contribution in [0.25, 0.3) is 0 Å². The second-order valence-corrected chi connectivity index (χ2v) is 8.62. The Balaban J connectivity index is 5.51. The molecule has 5 heteroatoms. The van der Waals surface area contributed by atoms with Gasteiger partial charge in [-0.1, -0.05) is 27.7 Å². The van der Waals surface area contributed by atoms with Gasteiger partial charge in [0.05, 0.1) is 0 Å². The molecule has 0 fully saturated rings. The molecule has 0 aliphatic carbocycles.